The maximum absolute atomic E-state index is 10.9. The van der Waals surface area contributed by atoms with Crippen LogP contribution in [0.3, 0.4) is 0 Å². The molecule has 0 aliphatic carbocycles. The molecule has 0 bridgehead atoms. The van der Waals surface area contributed by atoms with Gasteiger partial charge in [0.15, 0.2) is 5.16 Å². The van der Waals surface area contributed by atoms with Crippen molar-refractivity contribution in [3.05, 3.63) is 81.7 Å². The van der Waals surface area contributed by atoms with Crippen molar-refractivity contribution in [1.82, 2.24) is 14.8 Å². The number of aryl methyl sites for hydroxylation is 2. The number of nitrogens with zero attached hydrogens (tertiary/aromatic N) is 4. The minimum absolute atomic E-state index is 0.104. The summed E-state index contributed by atoms with van der Waals surface area (Å²) in [6, 6.07) is 17.0. The summed E-state index contributed by atoms with van der Waals surface area (Å²) in [7, 11) is 0. The van der Waals surface area contributed by atoms with Crippen LogP contribution in [0.1, 0.15) is 30.3 Å². The molecule has 0 saturated heterocycles. The highest BCUT2D eigenvalue weighted by atomic mass is 32.2. The van der Waals surface area contributed by atoms with E-state index in [9.17, 15) is 10.1 Å². The largest absolute Gasteiger partial charge is 0.302 e. The Balaban J connectivity index is 1.79. The minimum Gasteiger partial charge on any atom is -0.302 e. The third kappa shape index (κ3) is 5.17. The maximum Gasteiger partial charge on any atom is 0.269 e. The lowest BCUT2D eigenvalue weighted by molar-refractivity contribution is -0.384. The molecule has 0 unspecified atom stereocenters. The van der Waals surface area contributed by atoms with Crippen LogP contribution in [0.25, 0.3) is 0 Å². The number of nitro benzene ring substituents is 1. The van der Waals surface area contributed by atoms with Gasteiger partial charge in [0.25, 0.3) is 5.69 Å². The van der Waals surface area contributed by atoms with Crippen LogP contribution in [0.5, 0.6) is 0 Å². The van der Waals surface area contributed by atoms with Gasteiger partial charge >= 0.3 is 0 Å². The molecule has 6 nitrogen and oxygen atoms in total. The smallest absolute Gasteiger partial charge is 0.269 e. The fourth-order valence-corrected chi connectivity index (χ4v) is 3.58. The molecule has 3 rings (SSSR count). The van der Waals surface area contributed by atoms with Gasteiger partial charge in [0.2, 0.25) is 0 Å². The van der Waals surface area contributed by atoms with Crippen molar-refractivity contribution >= 4 is 17.4 Å². The van der Waals surface area contributed by atoms with Gasteiger partial charge < -0.3 is 4.57 Å². The highest BCUT2D eigenvalue weighted by Gasteiger charge is 2.14. The number of thioether (sulfide) groups is 1. The Morgan fingerprint density at radius 2 is 1.74 bits per heavy atom. The van der Waals surface area contributed by atoms with Gasteiger partial charge in [0.05, 0.1) is 11.5 Å². The fraction of sp³-hybridized carbons (Fsp3) is 0.300. The fourth-order valence-electron chi connectivity index (χ4n) is 2.77. The molecule has 0 amide bonds. The predicted octanol–water partition coefficient (Wildman–Crippen LogP) is 4.52. The van der Waals surface area contributed by atoms with Crippen molar-refractivity contribution in [3.63, 3.8) is 0 Å². The summed E-state index contributed by atoms with van der Waals surface area (Å²) in [6.07, 6.45) is 2.77. The molecule has 2 aromatic carbocycles. The molecule has 1 aromatic heterocycles. The number of nitro groups is 1. The Labute approximate surface area is 162 Å². The van der Waals surface area contributed by atoms with Gasteiger partial charge in [0, 0.05) is 24.3 Å². The zero-order valence-electron chi connectivity index (χ0n) is 15.2. The summed E-state index contributed by atoms with van der Waals surface area (Å²) in [4.78, 5) is 10.5. The van der Waals surface area contributed by atoms with Crippen LogP contribution < -0.4 is 0 Å². The molecule has 3 aromatic rings. The number of non-ortho nitro benzene ring substituents is 1. The van der Waals surface area contributed by atoms with Gasteiger partial charge in [-0.2, -0.15) is 0 Å². The average molecular weight is 382 g/mol. The first-order valence-electron chi connectivity index (χ1n) is 8.99. The monoisotopic (exact) mass is 382 g/mol. The summed E-state index contributed by atoms with van der Waals surface area (Å²) in [5.74, 6) is 1.92. The van der Waals surface area contributed by atoms with Crippen LogP contribution in [0.4, 0.5) is 5.69 Å². The summed E-state index contributed by atoms with van der Waals surface area (Å²) in [5, 5.41) is 20.5. The van der Waals surface area contributed by atoms with E-state index in [1.54, 1.807) is 36.0 Å². The van der Waals surface area contributed by atoms with Gasteiger partial charge in [-0.15, -0.1) is 10.2 Å². The van der Waals surface area contributed by atoms with Crippen LogP contribution in [-0.2, 0) is 19.4 Å². The lowest BCUT2D eigenvalue weighted by Crippen LogP contribution is -2.08. The molecule has 0 atom stereocenters. The SMILES string of the molecule is CCCSc1nnc(CCc2ccccc2)n1Cc1ccc([N+](=O)[O-])cc1. The number of rotatable bonds is 9. The highest BCUT2D eigenvalue weighted by Crippen LogP contribution is 2.21. The maximum atomic E-state index is 10.9. The number of hydrogen-bond donors (Lipinski definition) is 0. The zero-order chi connectivity index (χ0) is 19.1. The van der Waals surface area contributed by atoms with E-state index < -0.39 is 0 Å². The molecule has 0 aliphatic heterocycles. The van der Waals surface area contributed by atoms with E-state index in [-0.39, 0.29) is 10.6 Å². The molecule has 0 saturated carbocycles. The number of aromatic nitrogens is 3. The Morgan fingerprint density at radius 3 is 2.41 bits per heavy atom. The lowest BCUT2D eigenvalue weighted by atomic mass is 10.1. The van der Waals surface area contributed by atoms with Crippen molar-refractivity contribution in [2.24, 2.45) is 0 Å². The second kappa shape index (κ2) is 9.32. The topological polar surface area (TPSA) is 73.8 Å². The Hall–Kier alpha value is -2.67. The van der Waals surface area contributed by atoms with E-state index in [4.69, 9.17) is 0 Å². The Bertz CT molecular complexity index is 879. The van der Waals surface area contributed by atoms with Gasteiger partial charge in [-0.3, -0.25) is 10.1 Å². The normalized spacial score (nSPS) is 10.9. The molecule has 0 spiro atoms. The molecular weight excluding hydrogens is 360 g/mol. The van der Waals surface area contributed by atoms with Gasteiger partial charge in [0.1, 0.15) is 5.82 Å². The molecule has 7 heteroatoms. The molecule has 0 N–H and O–H groups in total. The second-order valence-corrected chi connectivity index (χ2v) is 7.30. The molecule has 1 heterocycles. The first-order chi connectivity index (χ1) is 13.2. The van der Waals surface area contributed by atoms with Crippen molar-refractivity contribution in [3.8, 4) is 0 Å². The van der Waals surface area contributed by atoms with Crippen LogP contribution in [-0.4, -0.2) is 25.4 Å². The van der Waals surface area contributed by atoms with E-state index in [0.717, 1.165) is 41.6 Å². The number of benzene rings is 2. The van der Waals surface area contributed by atoms with Crippen molar-refractivity contribution in [1.29, 1.82) is 0 Å². The Morgan fingerprint density at radius 1 is 1.00 bits per heavy atom. The summed E-state index contributed by atoms with van der Waals surface area (Å²) < 4.78 is 2.13. The standard InChI is InChI=1S/C20H22N4O2S/c1-2-14-27-20-22-21-19(13-10-16-6-4-3-5-7-16)23(20)15-17-8-11-18(12-9-17)24(25)26/h3-9,11-12H,2,10,13-15H2,1H3. The average Bonchev–Trinajstić information content (AvgIpc) is 3.07. The quantitative estimate of drug-likeness (QED) is 0.309. The van der Waals surface area contributed by atoms with Crippen LogP contribution in [0.2, 0.25) is 0 Å². The van der Waals surface area contributed by atoms with E-state index >= 15 is 0 Å². The first kappa shape index (κ1) is 19.1. The van der Waals surface area contributed by atoms with Crippen molar-refractivity contribution in [2.45, 2.75) is 37.9 Å². The van der Waals surface area contributed by atoms with E-state index in [0.29, 0.717) is 6.54 Å². The van der Waals surface area contributed by atoms with Gasteiger partial charge in [-0.25, -0.2) is 0 Å². The van der Waals surface area contributed by atoms with Crippen molar-refractivity contribution < 1.29 is 4.92 Å². The van der Waals surface area contributed by atoms with E-state index in [2.05, 4.69) is 33.8 Å². The molecule has 0 radical (unpaired) electrons. The molecular formula is C20H22N4O2S. The van der Waals surface area contributed by atoms with E-state index in [1.165, 1.54) is 5.56 Å². The first-order valence-corrected chi connectivity index (χ1v) is 9.98. The van der Waals surface area contributed by atoms with Crippen molar-refractivity contribution in [2.75, 3.05) is 5.75 Å². The van der Waals surface area contributed by atoms with Crippen LogP contribution >= 0.6 is 11.8 Å². The molecule has 140 valence electrons. The van der Waals surface area contributed by atoms with Crippen LogP contribution in [0, 0.1) is 10.1 Å². The minimum atomic E-state index is -0.379. The molecule has 27 heavy (non-hydrogen) atoms. The molecule has 0 fully saturated rings. The van der Waals surface area contributed by atoms with Gasteiger partial charge in [-0.05, 0) is 24.0 Å². The zero-order valence-corrected chi connectivity index (χ0v) is 16.1. The summed E-state index contributed by atoms with van der Waals surface area (Å²) in [5.41, 5.74) is 2.37. The predicted molar refractivity (Wildman–Crippen MR) is 107 cm³/mol. The summed E-state index contributed by atoms with van der Waals surface area (Å²) in [6.45, 7) is 2.75. The van der Waals surface area contributed by atoms with Crippen LogP contribution in [0.15, 0.2) is 59.8 Å². The lowest BCUT2D eigenvalue weighted by Gasteiger charge is -2.10. The van der Waals surface area contributed by atoms with Gasteiger partial charge in [-0.1, -0.05) is 61.2 Å². The summed E-state index contributed by atoms with van der Waals surface area (Å²) >= 11 is 1.70. The Kier molecular flexibility index (Phi) is 6.59. The second-order valence-electron chi connectivity index (χ2n) is 6.24. The molecule has 0 aliphatic rings. The third-order valence-corrected chi connectivity index (χ3v) is 5.37. The van der Waals surface area contributed by atoms with E-state index in [1.807, 2.05) is 18.2 Å². The number of hydrogen-bond acceptors (Lipinski definition) is 5. The third-order valence-electron chi connectivity index (χ3n) is 4.20. The highest BCUT2D eigenvalue weighted by molar-refractivity contribution is 7.99.